The number of anilines is 3. The molecule has 2 amide bonds. The van der Waals surface area contributed by atoms with Crippen LogP contribution in [0.15, 0.2) is 132 Å². The third kappa shape index (κ3) is 6.89. The van der Waals surface area contributed by atoms with Gasteiger partial charge < -0.3 is 39.4 Å². The summed E-state index contributed by atoms with van der Waals surface area (Å²) in [6.45, 7) is 0.377. The predicted octanol–water partition coefficient (Wildman–Crippen LogP) is 6.48. The van der Waals surface area contributed by atoms with E-state index in [0.29, 0.717) is 39.8 Å². The molecule has 4 heterocycles. The largest absolute Gasteiger partial charge is 0.497 e. The maximum Gasteiger partial charge on any atom is 0.351 e. The number of fused-ring (bicyclic) bond motifs is 3. The molecule has 0 saturated carbocycles. The number of rotatable bonds is 13. The fourth-order valence-electron chi connectivity index (χ4n) is 8.01. The van der Waals surface area contributed by atoms with Crippen LogP contribution in [0, 0.1) is 0 Å². The molecule has 3 unspecified atom stereocenters. The third-order valence-electron chi connectivity index (χ3n) is 11.1. The molecule has 5 aromatic carbocycles. The van der Waals surface area contributed by atoms with Crippen LogP contribution in [0.2, 0.25) is 0 Å². The van der Waals surface area contributed by atoms with Crippen molar-refractivity contribution in [3.63, 3.8) is 0 Å². The first-order valence-corrected chi connectivity index (χ1v) is 19.5. The van der Waals surface area contributed by atoms with Crippen molar-refractivity contribution < 1.29 is 38.4 Å². The number of ether oxygens (including phenoxy) is 5. The molecule has 14 heteroatoms. The molecule has 0 spiro atoms. The van der Waals surface area contributed by atoms with Crippen molar-refractivity contribution in [1.82, 2.24) is 14.5 Å². The zero-order valence-corrected chi connectivity index (χ0v) is 32.7. The van der Waals surface area contributed by atoms with Gasteiger partial charge in [0.05, 0.1) is 49.9 Å². The second kappa shape index (κ2) is 16.0. The van der Waals surface area contributed by atoms with Gasteiger partial charge in [0, 0.05) is 19.5 Å². The Morgan fingerprint density at radius 2 is 1.40 bits per heavy atom. The number of benzene rings is 5. The van der Waals surface area contributed by atoms with Gasteiger partial charge in [-0.1, -0.05) is 72.8 Å². The number of para-hydroxylation sites is 1. The molecule has 9 rings (SSSR count). The van der Waals surface area contributed by atoms with Gasteiger partial charge in [0.2, 0.25) is 0 Å². The molecule has 0 radical (unpaired) electrons. The fourth-order valence-corrected chi connectivity index (χ4v) is 8.01. The van der Waals surface area contributed by atoms with Crippen LogP contribution in [-0.4, -0.2) is 77.5 Å². The topological polar surface area (TPSA) is 163 Å². The number of carbonyl (C=O) groups excluding carboxylic acids is 2. The highest BCUT2D eigenvalue weighted by Crippen LogP contribution is 2.46. The summed E-state index contributed by atoms with van der Waals surface area (Å²) in [6, 6.07) is 37.3. The molecule has 1 fully saturated rings. The predicted molar refractivity (Wildman–Crippen MR) is 221 cm³/mol. The number of imide groups is 1. The number of aliphatic hydroxyl groups is 1. The van der Waals surface area contributed by atoms with Gasteiger partial charge in [-0.25, -0.2) is 4.79 Å². The van der Waals surface area contributed by atoms with Crippen molar-refractivity contribution in [1.29, 1.82) is 0 Å². The van der Waals surface area contributed by atoms with E-state index in [1.165, 1.54) is 15.7 Å². The molecule has 0 bridgehead atoms. The average molecular weight is 808 g/mol. The van der Waals surface area contributed by atoms with Crippen molar-refractivity contribution >= 4 is 29.0 Å². The Hall–Kier alpha value is -7.00. The van der Waals surface area contributed by atoms with Crippen LogP contribution in [0.25, 0.3) is 0 Å². The zero-order valence-electron chi connectivity index (χ0n) is 32.7. The molecule has 14 nitrogen and oxygen atoms in total. The van der Waals surface area contributed by atoms with Crippen molar-refractivity contribution in [2.45, 2.75) is 30.5 Å². The van der Waals surface area contributed by atoms with Crippen LogP contribution in [0.4, 0.5) is 17.2 Å². The summed E-state index contributed by atoms with van der Waals surface area (Å²) >= 11 is 0. The second-order valence-corrected chi connectivity index (χ2v) is 14.5. The van der Waals surface area contributed by atoms with E-state index < -0.39 is 29.7 Å². The number of aromatic nitrogens is 2. The van der Waals surface area contributed by atoms with Crippen LogP contribution in [0.5, 0.6) is 23.0 Å². The Labute approximate surface area is 344 Å². The summed E-state index contributed by atoms with van der Waals surface area (Å²) < 4.78 is 31.9. The molecule has 3 aliphatic heterocycles. The van der Waals surface area contributed by atoms with Gasteiger partial charge in [-0.2, -0.15) is 4.98 Å². The van der Waals surface area contributed by atoms with Gasteiger partial charge in [0.1, 0.15) is 35.1 Å². The summed E-state index contributed by atoms with van der Waals surface area (Å²) in [5.74, 6) is 1.66. The lowest BCUT2D eigenvalue weighted by atomic mass is 9.80. The number of hydrogen-bond donors (Lipinski definition) is 3. The Bertz CT molecular complexity index is 2530. The Balaban J connectivity index is 0.924. The molecular weight excluding hydrogens is 767 g/mol. The highest BCUT2D eigenvalue weighted by atomic mass is 16.6. The zero-order chi connectivity index (χ0) is 41.4. The quantitative estimate of drug-likeness (QED) is 0.0861. The Morgan fingerprint density at radius 3 is 2.03 bits per heavy atom. The van der Waals surface area contributed by atoms with E-state index in [1.807, 2.05) is 84.9 Å². The minimum atomic E-state index is -1.14. The lowest BCUT2D eigenvalue weighted by molar-refractivity contribution is -0.0944. The first-order valence-electron chi connectivity index (χ1n) is 19.5. The van der Waals surface area contributed by atoms with Crippen LogP contribution in [0.1, 0.15) is 50.1 Å². The molecule has 3 atom stereocenters. The highest BCUT2D eigenvalue weighted by molar-refractivity contribution is 6.21. The maximum absolute atomic E-state index is 13.6. The summed E-state index contributed by atoms with van der Waals surface area (Å²) in [5.41, 5.74) is 2.70. The van der Waals surface area contributed by atoms with Crippen LogP contribution >= 0.6 is 0 Å². The van der Waals surface area contributed by atoms with E-state index in [-0.39, 0.29) is 49.5 Å². The molecule has 3 aliphatic rings. The van der Waals surface area contributed by atoms with Crippen LogP contribution in [-0.2, 0) is 15.1 Å². The number of nitrogens with zero attached hydrogens (tertiary/aromatic N) is 3. The normalized spacial score (nSPS) is 17.9. The number of hydrogen-bond acceptors (Lipinski definition) is 12. The number of methoxy groups -OCH3 is 2. The summed E-state index contributed by atoms with van der Waals surface area (Å²) in [6.07, 6.45) is -1.04. The van der Waals surface area contributed by atoms with Crippen molar-refractivity contribution in [2.24, 2.45) is 0 Å². The average Bonchev–Trinajstić information content (AvgIpc) is 3.78. The monoisotopic (exact) mass is 807 g/mol. The lowest BCUT2D eigenvalue weighted by Gasteiger charge is -2.37. The van der Waals surface area contributed by atoms with E-state index in [9.17, 15) is 19.5 Å². The van der Waals surface area contributed by atoms with Gasteiger partial charge in [-0.05, 0) is 65.2 Å². The number of amides is 2. The standard InChI is InChI=1S/C46H41N5O9/c1-56-31-19-15-29(16-20-31)46(28-9-4-3-5-10-28,30-17-21-32(57-2)22-18-30)58-27-39-36(52)25-40(60-39)51-26-38-42(49-45(51)55)48-41-35(13-8-14-37(41)59-38)47-23-24-50-43(53)33-11-6-7-12-34(33)44(50)54/h3-22,26,36,39-40,47,52H,23-25,27H2,1-2H3,(H,48,49,55). The molecule has 304 valence electrons. The summed E-state index contributed by atoms with van der Waals surface area (Å²) in [4.78, 5) is 44.8. The van der Waals surface area contributed by atoms with E-state index in [1.54, 1.807) is 50.6 Å². The van der Waals surface area contributed by atoms with Crippen molar-refractivity contribution in [3.8, 4) is 23.0 Å². The molecule has 3 N–H and O–H groups in total. The Morgan fingerprint density at radius 1 is 0.783 bits per heavy atom. The van der Waals surface area contributed by atoms with E-state index in [2.05, 4.69) is 15.6 Å². The molecule has 6 aromatic rings. The first-order chi connectivity index (χ1) is 29.3. The minimum Gasteiger partial charge on any atom is -0.497 e. The highest BCUT2D eigenvalue weighted by Gasteiger charge is 2.42. The number of aliphatic hydroxyl groups excluding tert-OH is 1. The Kier molecular flexibility index (Phi) is 10.3. The van der Waals surface area contributed by atoms with Crippen LogP contribution < -0.4 is 30.5 Å². The lowest BCUT2D eigenvalue weighted by Crippen LogP contribution is -2.38. The van der Waals surface area contributed by atoms with Crippen LogP contribution in [0.3, 0.4) is 0 Å². The SMILES string of the molecule is COc1ccc(C(OCC2OC(n3cc4c(nc3=O)Nc3c(NCCN5C(=O)c6ccccc6C5=O)cccc3O4)CC2O)(c2ccccc2)c2ccc(OC)cc2)cc1. The summed E-state index contributed by atoms with van der Waals surface area (Å²) in [5, 5.41) is 17.9. The minimum absolute atomic E-state index is 0.0358. The molecule has 1 saturated heterocycles. The second-order valence-electron chi connectivity index (χ2n) is 14.5. The van der Waals surface area contributed by atoms with E-state index >= 15 is 0 Å². The van der Waals surface area contributed by atoms with Gasteiger partial charge in [-0.15, -0.1) is 0 Å². The smallest absolute Gasteiger partial charge is 0.351 e. The maximum atomic E-state index is 13.6. The molecular formula is C46H41N5O9. The molecule has 0 aliphatic carbocycles. The summed E-state index contributed by atoms with van der Waals surface area (Å²) in [7, 11) is 3.23. The number of carbonyl (C=O) groups is 2. The van der Waals surface area contributed by atoms with E-state index in [0.717, 1.165) is 16.7 Å². The van der Waals surface area contributed by atoms with Crippen molar-refractivity contribution in [3.05, 3.63) is 166 Å². The van der Waals surface area contributed by atoms with E-state index in [4.69, 9.17) is 23.7 Å². The third-order valence-corrected chi connectivity index (χ3v) is 11.1. The van der Waals surface area contributed by atoms with Gasteiger partial charge in [-0.3, -0.25) is 19.1 Å². The number of nitrogens with one attached hydrogen (secondary N) is 2. The first kappa shape index (κ1) is 38.5. The fraction of sp³-hybridized carbons (Fsp3) is 0.217. The molecule has 60 heavy (non-hydrogen) atoms. The van der Waals surface area contributed by atoms with Gasteiger partial charge in [0.25, 0.3) is 11.8 Å². The van der Waals surface area contributed by atoms with Crippen molar-refractivity contribution in [2.75, 3.05) is 44.5 Å². The van der Waals surface area contributed by atoms with Gasteiger partial charge in [0.15, 0.2) is 17.3 Å². The van der Waals surface area contributed by atoms with Gasteiger partial charge >= 0.3 is 5.69 Å². The molecule has 1 aromatic heterocycles.